The van der Waals surface area contributed by atoms with Crippen molar-refractivity contribution in [3.8, 4) is 0 Å². The van der Waals surface area contributed by atoms with Gasteiger partial charge in [-0.3, -0.25) is 4.79 Å². The molecule has 21 heavy (non-hydrogen) atoms. The third-order valence-corrected chi connectivity index (χ3v) is 4.21. The molecule has 0 radical (unpaired) electrons. The minimum atomic E-state index is -0.137. The van der Waals surface area contributed by atoms with E-state index in [9.17, 15) is 4.79 Å². The third kappa shape index (κ3) is 3.21. The van der Waals surface area contributed by atoms with Gasteiger partial charge in [-0.15, -0.1) is 0 Å². The van der Waals surface area contributed by atoms with E-state index in [1.165, 1.54) is 11.5 Å². The Labute approximate surface area is 126 Å². The molecular weight excluding hydrogens is 288 g/mol. The smallest absolute Gasteiger partial charge is 0.290 e. The summed E-state index contributed by atoms with van der Waals surface area (Å²) in [4.78, 5) is 25.1. The topological polar surface area (TPSA) is 86.8 Å². The van der Waals surface area contributed by atoms with Crippen LogP contribution in [0.1, 0.15) is 25.6 Å². The van der Waals surface area contributed by atoms with Gasteiger partial charge in [-0.05, 0) is 12.8 Å². The Hall–Kier alpha value is -1.96. The molecule has 0 aliphatic carbocycles. The molecule has 112 valence electrons. The van der Waals surface area contributed by atoms with Crippen molar-refractivity contribution < 1.29 is 0 Å². The van der Waals surface area contributed by atoms with Gasteiger partial charge in [-0.25, -0.2) is 9.97 Å². The van der Waals surface area contributed by atoms with Gasteiger partial charge in [-0.2, -0.15) is 4.37 Å². The molecule has 0 spiro atoms. The third-order valence-electron chi connectivity index (χ3n) is 3.52. The summed E-state index contributed by atoms with van der Waals surface area (Å²) < 4.78 is 4.28. The van der Waals surface area contributed by atoms with Crippen LogP contribution in [0, 0.1) is 0 Å². The van der Waals surface area contributed by atoms with E-state index < -0.39 is 0 Å². The van der Waals surface area contributed by atoms with E-state index in [1.807, 2.05) is 11.8 Å². The average molecular weight is 306 g/mol. The molecule has 0 saturated carbocycles. The zero-order valence-electron chi connectivity index (χ0n) is 11.9. The molecule has 1 fully saturated rings. The summed E-state index contributed by atoms with van der Waals surface area (Å²) in [5, 5.41) is 4.27. The van der Waals surface area contributed by atoms with Gasteiger partial charge >= 0.3 is 0 Å². The average Bonchev–Trinajstić information content (AvgIpc) is 2.96. The predicted octanol–water partition coefficient (Wildman–Crippen LogP) is 1.26. The van der Waals surface area contributed by atoms with Crippen molar-refractivity contribution in [2.24, 2.45) is 0 Å². The molecule has 1 aliphatic heterocycles. The van der Waals surface area contributed by atoms with Crippen molar-refractivity contribution in [2.45, 2.75) is 32.2 Å². The van der Waals surface area contributed by atoms with Gasteiger partial charge in [0.1, 0.15) is 5.82 Å². The van der Waals surface area contributed by atoms with E-state index in [1.54, 1.807) is 12.4 Å². The highest BCUT2D eigenvalue weighted by Gasteiger charge is 2.23. The predicted molar refractivity (Wildman–Crippen MR) is 83.0 cm³/mol. The summed E-state index contributed by atoms with van der Waals surface area (Å²) in [5.74, 6) is 1.37. The monoisotopic (exact) mass is 306 g/mol. The van der Waals surface area contributed by atoms with Gasteiger partial charge in [0.25, 0.3) is 5.56 Å². The lowest BCUT2D eigenvalue weighted by Crippen LogP contribution is -2.44. The van der Waals surface area contributed by atoms with Crippen LogP contribution in [0.25, 0.3) is 0 Å². The number of aryl methyl sites for hydroxylation is 1. The molecule has 2 aromatic heterocycles. The highest BCUT2D eigenvalue weighted by Crippen LogP contribution is 2.19. The Bertz CT molecular complexity index is 654. The summed E-state index contributed by atoms with van der Waals surface area (Å²) in [7, 11) is 0. The maximum absolute atomic E-state index is 11.8. The lowest BCUT2D eigenvalue weighted by molar-refractivity contribution is 0.525. The standard InChI is InChI=1S/C13H18N6OS/c1-2-10-17-13(21-18-10)16-9-4-3-7-19(8-9)11-12(20)15-6-5-14-11/h5-6,9H,2-4,7-8H2,1H3,(H,15,20)(H,16,17,18)/t9-/m0/s1. The normalized spacial score (nSPS) is 18.7. The van der Waals surface area contributed by atoms with Gasteiger partial charge in [0.15, 0.2) is 5.82 Å². The van der Waals surface area contributed by atoms with Crippen molar-refractivity contribution in [3.05, 3.63) is 28.6 Å². The molecule has 2 aromatic rings. The summed E-state index contributed by atoms with van der Waals surface area (Å²) in [6.07, 6.45) is 6.10. The van der Waals surface area contributed by atoms with Gasteiger partial charge in [0, 0.05) is 49.5 Å². The summed E-state index contributed by atoms with van der Waals surface area (Å²) in [6, 6.07) is 0.262. The van der Waals surface area contributed by atoms with Crippen LogP contribution >= 0.6 is 11.5 Å². The van der Waals surface area contributed by atoms with Crippen molar-refractivity contribution in [1.29, 1.82) is 0 Å². The molecule has 0 bridgehead atoms. The van der Waals surface area contributed by atoms with E-state index in [4.69, 9.17) is 0 Å². The van der Waals surface area contributed by atoms with Gasteiger partial charge in [0.05, 0.1) is 0 Å². The fourth-order valence-electron chi connectivity index (χ4n) is 2.49. The number of rotatable bonds is 4. The maximum Gasteiger partial charge on any atom is 0.290 e. The van der Waals surface area contributed by atoms with Crippen LogP contribution in [0.3, 0.4) is 0 Å². The van der Waals surface area contributed by atoms with E-state index in [2.05, 4.69) is 24.6 Å². The second-order valence-electron chi connectivity index (χ2n) is 5.04. The molecule has 1 saturated heterocycles. The van der Waals surface area contributed by atoms with E-state index in [0.717, 1.165) is 43.3 Å². The van der Waals surface area contributed by atoms with Crippen LogP contribution in [-0.4, -0.2) is 38.5 Å². The SMILES string of the molecule is CCc1nsc(N[C@H]2CCCN(c3ncc[nH]c3=O)C2)n1. The number of H-pyrrole nitrogens is 1. The van der Waals surface area contributed by atoms with Crippen LogP contribution in [0.5, 0.6) is 0 Å². The Morgan fingerprint density at radius 3 is 3.24 bits per heavy atom. The molecule has 8 heteroatoms. The Morgan fingerprint density at radius 1 is 1.57 bits per heavy atom. The van der Waals surface area contributed by atoms with Crippen molar-refractivity contribution in [2.75, 3.05) is 23.3 Å². The second-order valence-corrected chi connectivity index (χ2v) is 5.79. The van der Waals surface area contributed by atoms with Crippen LogP contribution in [-0.2, 0) is 6.42 Å². The molecule has 3 rings (SSSR count). The number of aromatic amines is 1. The Morgan fingerprint density at radius 2 is 2.48 bits per heavy atom. The molecule has 3 heterocycles. The molecule has 1 aliphatic rings. The van der Waals surface area contributed by atoms with Crippen LogP contribution in [0.15, 0.2) is 17.2 Å². The first-order chi connectivity index (χ1) is 10.3. The largest absolute Gasteiger partial charge is 0.356 e. The van der Waals surface area contributed by atoms with Crippen molar-refractivity contribution in [1.82, 2.24) is 19.3 Å². The number of aromatic nitrogens is 4. The van der Waals surface area contributed by atoms with Gasteiger partial charge in [-0.1, -0.05) is 6.92 Å². The first-order valence-electron chi connectivity index (χ1n) is 7.14. The summed E-state index contributed by atoms with van der Waals surface area (Å²) >= 11 is 1.39. The van der Waals surface area contributed by atoms with Crippen LogP contribution < -0.4 is 15.8 Å². The number of hydrogen-bond acceptors (Lipinski definition) is 7. The van der Waals surface area contributed by atoms with Crippen LogP contribution in [0.2, 0.25) is 0 Å². The first kappa shape index (κ1) is 14.0. The minimum Gasteiger partial charge on any atom is -0.356 e. The fraction of sp³-hybridized carbons (Fsp3) is 0.538. The molecule has 0 aromatic carbocycles. The van der Waals surface area contributed by atoms with Gasteiger partial charge < -0.3 is 15.2 Å². The maximum atomic E-state index is 11.8. The number of hydrogen-bond donors (Lipinski definition) is 2. The summed E-state index contributed by atoms with van der Waals surface area (Å²) in [6.45, 7) is 3.65. The molecule has 1 atom stereocenters. The van der Waals surface area contributed by atoms with Crippen molar-refractivity contribution >= 4 is 22.5 Å². The molecular formula is C13H18N6OS. The molecule has 0 unspecified atom stereocenters. The lowest BCUT2D eigenvalue weighted by atomic mass is 10.1. The summed E-state index contributed by atoms with van der Waals surface area (Å²) in [5.41, 5.74) is -0.137. The Kier molecular flexibility index (Phi) is 4.14. The first-order valence-corrected chi connectivity index (χ1v) is 7.91. The number of anilines is 2. The second kappa shape index (κ2) is 6.21. The molecule has 2 N–H and O–H groups in total. The van der Waals surface area contributed by atoms with Crippen molar-refractivity contribution in [3.63, 3.8) is 0 Å². The van der Waals surface area contributed by atoms with E-state index in [0.29, 0.717) is 5.82 Å². The fourth-order valence-corrected chi connectivity index (χ4v) is 3.21. The zero-order valence-corrected chi connectivity index (χ0v) is 12.7. The van der Waals surface area contributed by atoms with E-state index in [-0.39, 0.29) is 11.6 Å². The van der Waals surface area contributed by atoms with Gasteiger partial charge in [0.2, 0.25) is 5.13 Å². The Balaban J connectivity index is 1.68. The highest BCUT2D eigenvalue weighted by molar-refractivity contribution is 7.09. The molecule has 0 amide bonds. The number of piperidine rings is 1. The number of nitrogens with one attached hydrogen (secondary N) is 2. The number of nitrogens with zero attached hydrogens (tertiary/aromatic N) is 4. The van der Waals surface area contributed by atoms with E-state index >= 15 is 0 Å². The van der Waals surface area contributed by atoms with Crippen LogP contribution in [0.4, 0.5) is 10.9 Å². The highest BCUT2D eigenvalue weighted by atomic mass is 32.1. The molecule has 7 nitrogen and oxygen atoms in total. The minimum absolute atomic E-state index is 0.137. The quantitative estimate of drug-likeness (QED) is 0.884. The zero-order chi connectivity index (χ0) is 14.7. The lowest BCUT2D eigenvalue weighted by Gasteiger charge is -2.33.